The summed E-state index contributed by atoms with van der Waals surface area (Å²) in [6, 6.07) is 5.70. The van der Waals surface area contributed by atoms with E-state index in [-0.39, 0.29) is 12.1 Å². The van der Waals surface area contributed by atoms with E-state index < -0.39 is 5.95 Å². The Hall–Kier alpha value is -1.69. The number of hydrogen-bond acceptors (Lipinski definition) is 4. The van der Waals surface area contributed by atoms with Gasteiger partial charge in [0.15, 0.2) is 0 Å². The van der Waals surface area contributed by atoms with E-state index in [0.717, 1.165) is 32.6 Å². The molecule has 0 radical (unpaired) electrons. The molecule has 1 saturated carbocycles. The molecule has 1 aliphatic carbocycles. The Morgan fingerprint density at radius 1 is 1.13 bits per heavy atom. The number of halogens is 1. The fraction of sp³-hybridized carbons (Fsp3) is 0.647. The minimum absolute atomic E-state index is 0.0423. The van der Waals surface area contributed by atoms with Crippen LogP contribution in [0.25, 0.3) is 0 Å². The van der Waals surface area contributed by atoms with Crippen molar-refractivity contribution < 1.29 is 9.18 Å². The Labute approximate surface area is 136 Å². The summed E-state index contributed by atoms with van der Waals surface area (Å²) in [4.78, 5) is 23.1. The van der Waals surface area contributed by atoms with Gasteiger partial charge in [-0.15, -0.1) is 0 Å². The molecule has 2 unspecified atom stereocenters. The van der Waals surface area contributed by atoms with Crippen molar-refractivity contribution in [3.8, 4) is 0 Å². The fourth-order valence-corrected chi connectivity index (χ4v) is 3.94. The van der Waals surface area contributed by atoms with Crippen molar-refractivity contribution in [3.05, 3.63) is 24.1 Å². The van der Waals surface area contributed by atoms with E-state index in [9.17, 15) is 9.18 Å². The smallest absolute Gasteiger partial charge is 0.240 e. The second-order valence-corrected chi connectivity index (χ2v) is 6.92. The van der Waals surface area contributed by atoms with Crippen molar-refractivity contribution in [2.24, 2.45) is 0 Å². The van der Waals surface area contributed by atoms with E-state index in [1.165, 1.54) is 18.9 Å². The van der Waals surface area contributed by atoms with E-state index in [1.54, 1.807) is 6.07 Å². The van der Waals surface area contributed by atoms with Crippen LogP contribution in [0.1, 0.15) is 26.2 Å². The zero-order chi connectivity index (χ0) is 16.0. The van der Waals surface area contributed by atoms with Crippen molar-refractivity contribution in [1.29, 1.82) is 0 Å². The molecule has 0 bridgehead atoms. The van der Waals surface area contributed by atoms with Gasteiger partial charge in [-0.2, -0.15) is 4.39 Å². The van der Waals surface area contributed by atoms with Crippen LogP contribution in [0.3, 0.4) is 0 Å². The molecule has 1 aromatic heterocycles. The van der Waals surface area contributed by atoms with E-state index >= 15 is 0 Å². The maximum absolute atomic E-state index is 13.3. The van der Waals surface area contributed by atoms with Gasteiger partial charge in [-0.1, -0.05) is 6.07 Å². The third-order valence-corrected chi connectivity index (χ3v) is 5.29. The number of piperazine rings is 1. The summed E-state index contributed by atoms with van der Waals surface area (Å²) < 4.78 is 13.3. The number of aromatic nitrogens is 1. The quantitative estimate of drug-likeness (QED) is 0.792. The SMILES string of the molecule is CC1CN(C2CCN(C3CC3)C2=O)CCN1c1cccc(F)n1. The average Bonchev–Trinajstić information content (AvgIpc) is 3.30. The van der Waals surface area contributed by atoms with Crippen LogP contribution in [0, 0.1) is 5.95 Å². The Balaban J connectivity index is 1.42. The third-order valence-electron chi connectivity index (χ3n) is 5.29. The Morgan fingerprint density at radius 2 is 1.96 bits per heavy atom. The summed E-state index contributed by atoms with van der Waals surface area (Å²) in [6.45, 7) is 5.47. The molecule has 3 fully saturated rings. The monoisotopic (exact) mass is 318 g/mol. The highest BCUT2D eigenvalue weighted by atomic mass is 19.1. The number of likely N-dealkylation sites (tertiary alicyclic amines) is 1. The minimum Gasteiger partial charge on any atom is -0.351 e. The molecule has 1 amide bonds. The van der Waals surface area contributed by atoms with Gasteiger partial charge in [-0.05, 0) is 38.3 Å². The molecule has 6 heteroatoms. The number of carbonyl (C=O) groups excluding carboxylic acids is 1. The minimum atomic E-state index is -0.442. The summed E-state index contributed by atoms with van der Waals surface area (Å²) >= 11 is 0. The predicted octanol–water partition coefficient (Wildman–Crippen LogP) is 1.49. The Morgan fingerprint density at radius 3 is 2.65 bits per heavy atom. The molecule has 0 N–H and O–H groups in total. The molecule has 3 aliphatic rings. The number of carbonyl (C=O) groups is 1. The van der Waals surface area contributed by atoms with Crippen molar-refractivity contribution in [1.82, 2.24) is 14.8 Å². The van der Waals surface area contributed by atoms with E-state index in [2.05, 4.69) is 26.6 Å². The van der Waals surface area contributed by atoms with Crippen LogP contribution in [0.4, 0.5) is 10.2 Å². The molecule has 2 aliphatic heterocycles. The summed E-state index contributed by atoms with van der Waals surface area (Å²) in [7, 11) is 0. The van der Waals surface area contributed by atoms with Gasteiger partial charge in [0.2, 0.25) is 11.9 Å². The Bertz CT molecular complexity index is 606. The summed E-state index contributed by atoms with van der Waals surface area (Å²) in [5.41, 5.74) is 0. The van der Waals surface area contributed by atoms with Crippen LogP contribution in [0.15, 0.2) is 18.2 Å². The van der Waals surface area contributed by atoms with Gasteiger partial charge in [0.1, 0.15) is 5.82 Å². The first-order valence-electron chi connectivity index (χ1n) is 8.57. The molecule has 4 rings (SSSR count). The summed E-state index contributed by atoms with van der Waals surface area (Å²) in [5, 5.41) is 0. The van der Waals surface area contributed by atoms with E-state index in [1.807, 2.05) is 6.07 Å². The third kappa shape index (κ3) is 2.80. The van der Waals surface area contributed by atoms with Gasteiger partial charge in [0.05, 0.1) is 6.04 Å². The highest BCUT2D eigenvalue weighted by Crippen LogP contribution is 2.32. The first kappa shape index (κ1) is 14.9. The number of pyridine rings is 1. The van der Waals surface area contributed by atoms with Gasteiger partial charge < -0.3 is 9.80 Å². The molecule has 1 aromatic rings. The number of nitrogens with zero attached hydrogens (tertiary/aromatic N) is 4. The number of amides is 1. The summed E-state index contributed by atoms with van der Waals surface area (Å²) in [5.74, 6) is 0.565. The van der Waals surface area contributed by atoms with Gasteiger partial charge in [-0.25, -0.2) is 4.98 Å². The van der Waals surface area contributed by atoms with Gasteiger partial charge in [0, 0.05) is 38.3 Å². The molecule has 124 valence electrons. The van der Waals surface area contributed by atoms with Crippen LogP contribution in [-0.2, 0) is 4.79 Å². The number of anilines is 1. The molecule has 2 saturated heterocycles. The average molecular weight is 318 g/mol. The maximum atomic E-state index is 13.3. The first-order chi connectivity index (χ1) is 11.1. The lowest BCUT2D eigenvalue weighted by Crippen LogP contribution is -2.56. The molecule has 3 heterocycles. The van der Waals surface area contributed by atoms with Crippen LogP contribution in [0.5, 0.6) is 0 Å². The normalized spacial score (nSPS) is 29.4. The lowest BCUT2D eigenvalue weighted by Gasteiger charge is -2.42. The molecular formula is C17H23FN4O. The second-order valence-electron chi connectivity index (χ2n) is 6.92. The lowest BCUT2D eigenvalue weighted by atomic mass is 10.1. The van der Waals surface area contributed by atoms with Crippen molar-refractivity contribution in [3.63, 3.8) is 0 Å². The zero-order valence-electron chi connectivity index (χ0n) is 13.5. The Kier molecular flexibility index (Phi) is 3.71. The topological polar surface area (TPSA) is 39.7 Å². The summed E-state index contributed by atoms with van der Waals surface area (Å²) in [6.07, 6.45) is 3.29. The van der Waals surface area contributed by atoms with Gasteiger partial charge >= 0.3 is 0 Å². The zero-order valence-corrected chi connectivity index (χ0v) is 13.5. The lowest BCUT2D eigenvalue weighted by molar-refractivity contribution is -0.132. The fourth-order valence-electron chi connectivity index (χ4n) is 3.94. The van der Waals surface area contributed by atoms with Crippen molar-refractivity contribution in [2.45, 2.75) is 44.3 Å². The molecule has 0 aromatic carbocycles. The van der Waals surface area contributed by atoms with Gasteiger partial charge in [-0.3, -0.25) is 9.69 Å². The number of hydrogen-bond donors (Lipinski definition) is 0. The van der Waals surface area contributed by atoms with Gasteiger partial charge in [0.25, 0.3) is 0 Å². The number of rotatable bonds is 3. The predicted molar refractivity (Wildman–Crippen MR) is 85.7 cm³/mol. The second kappa shape index (κ2) is 5.74. The highest BCUT2D eigenvalue weighted by molar-refractivity contribution is 5.84. The van der Waals surface area contributed by atoms with E-state index in [4.69, 9.17) is 0 Å². The molecule has 2 atom stereocenters. The molecule has 5 nitrogen and oxygen atoms in total. The van der Waals surface area contributed by atoms with Crippen LogP contribution in [-0.4, -0.2) is 65.0 Å². The van der Waals surface area contributed by atoms with Crippen LogP contribution >= 0.6 is 0 Å². The highest BCUT2D eigenvalue weighted by Gasteiger charge is 2.43. The molecular weight excluding hydrogens is 295 g/mol. The molecule has 0 spiro atoms. The largest absolute Gasteiger partial charge is 0.351 e. The van der Waals surface area contributed by atoms with Crippen LogP contribution < -0.4 is 4.90 Å². The van der Waals surface area contributed by atoms with E-state index in [0.29, 0.717) is 17.8 Å². The van der Waals surface area contributed by atoms with Crippen molar-refractivity contribution >= 4 is 11.7 Å². The maximum Gasteiger partial charge on any atom is 0.240 e. The molecule has 23 heavy (non-hydrogen) atoms. The standard InChI is InChI=1S/C17H23FN4O/c1-12-11-20(14-7-8-22(17(14)23)13-5-6-13)9-10-21(12)16-4-2-3-15(18)19-16/h2-4,12-14H,5-11H2,1H3. The first-order valence-corrected chi connectivity index (χ1v) is 8.57. The van der Waals surface area contributed by atoms with Crippen LogP contribution in [0.2, 0.25) is 0 Å². The van der Waals surface area contributed by atoms with Crippen molar-refractivity contribution in [2.75, 3.05) is 31.1 Å².